The Morgan fingerprint density at radius 2 is 1.97 bits per heavy atom. The van der Waals surface area contributed by atoms with E-state index in [1.165, 1.54) is 44.9 Å². The van der Waals surface area contributed by atoms with E-state index in [-0.39, 0.29) is 5.41 Å². The predicted octanol–water partition coefficient (Wildman–Crippen LogP) is 5.39. The molecule has 0 spiro atoms. The van der Waals surface area contributed by atoms with E-state index >= 15 is 0 Å². The number of hydrogen-bond acceptors (Lipinski definition) is 3. The van der Waals surface area contributed by atoms with E-state index in [2.05, 4.69) is 64.2 Å². The normalized spacial score (nSPS) is 49.7. The lowest BCUT2D eigenvalue weighted by Gasteiger charge is -2.54. The SMILES string of the molecule is CNC(C)C1CCC2(C)CC3CCC4C(=CC3=CC12C)CCC1N(C)COCC41C. The van der Waals surface area contributed by atoms with Crippen LogP contribution < -0.4 is 5.32 Å². The summed E-state index contributed by atoms with van der Waals surface area (Å²) in [4.78, 5) is 2.48. The number of ether oxygens (including phenoxy) is 1. The second-order valence-electron chi connectivity index (χ2n) is 12.3. The zero-order valence-electron chi connectivity index (χ0n) is 20.3. The standard InChI is InChI=1S/C27H44N2O/c1-18(28-5)22-11-12-25(2)14-20-7-9-23-19(13-21(20)15-27(22,25)4)8-10-24-26(23,3)16-30-17-29(24)6/h13,15,18,20,22-24,28H,7-12,14,16-17H2,1-6H3. The molecule has 0 aromatic rings. The highest BCUT2D eigenvalue weighted by Crippen LogP contribution is 2.65. The van der Waals surface area contributed by atoms with Crippen molar-refractivity contribution in [1.29, 1.82) is 0 Å². The first kappa shape index (κ1) is 21.2. The summed E-state index contributed by atoms with van der Waals surface area (Å²) in [5, 5.41) is 3.59. The van der Waals surface area contributed by atoms with Gasteiger partial charge in [0.15, 0.2) is 0 Å². The van der Waals surface area contributed by atoms with Gasteiger partial charge in [-0.3, -0.25) is 4.90 Å². The van der Waals surface area contributed by atoms with Crippen LogP contribution in [0.5, 0.6) is 0 Å². The summed E-state index contributed by atoms with van der Waals surface area (Å²) in [6, 6.07) is 1.26. The zero-order valence-corrected chi connectivity index (χ0v) is 20.3. The number of nitrogens with zero attached hydrogens (tertiary/aromatic N) is 1. The molecular weight excluding hydrogens is 368 g/mol. The molecule has 0 aromatic carbocycles. The number of hydrogen-bond donors (Lipinski definition) is 1. The van der Waals surface area contributed by atoms with Gasteiger partial charge < -0.3 is 10.1 Å². The van der Waals surface area contributed by atoms with Crippen LogP contribution in [0, 0.1) is 34.0 Å². The Balaban J connectivity index is 1.52. The van der Waals surface area contributed by atoms with Crippen LogP contribution in [0.2, 0.25) is 0 Å². The molecule has 4 aliphatic carbocycles. The highest BCUT2D eigenvalue weighted by molar-refractivity contribution is 5.38. The minimum atomic E-state index is 0.276. The summed E-state index contributed by atoms with van der Waals surface area (Å²) in [7, 11) is 4.41. The van der Waals surface area contributed by atoms with Crippen molar-refractivity contribution < 1.29 is 4.74 Å². The molecule has 0 amide bonds. The zero-order chi connectivity index (χ0) is 21.3. The van der Waals surface area contributed by atoms with E-state index < -0.39 is 0 Å². The van der Waals surface area contributed by atoms with Crippen LogP contribution >= 0.6 is 0 Å². The van der Waals surface area contributed by atoms with Crippen molar-refractivity contribution in [3.05, 3.63) is 23.3 Å². The first-order valence-electron chi connectivity index (χ1n) is 12.6. The fourth-order valence-corrected chi connectivity index (χ4v) is 8.77. The van der Waals surface area contributed by atoms with Gasteiger partial charge in [-0.1, -0.05) is 38.5 Å². The molecule has 3 heteroatoms. The van der Waals surface area contributed by atoms with Gasteiger partial charge in [0.25, 0.3) is 0 Å². The van der Waals surface area contributed by atoms with Crippen LogP contribution in [0.25, 0.3) is 0 Å². The largest absolute Gasteiger partial charge is 0.365 e. The van der Waals surface area contributed by atoms with Crippen LogP contribution in [0.4, 0.5) is 0 Å². The quantitative estimate of drug-likeness (QED) is 0.658. The molecule has 3 nitrogen and oxygen atoms in total. The first-order valence-corrected chi connectivity index (χ1v) is 12.6. The monoisotopic (exact) mass is 412 g/mol. The molecule has 8 unspecified atom stereocenters. The van der Waals surface area contributed by atoms with E-state index in [4.69, 9.17) is 4.74 Å². The van der Waals surface area contributed by atoms with Gasteiger partial charge in [0, 0.05) is 17.5 Å². The maximum Gasteiger partial charge on any atom is 0.0990 e. The Morgan fingerprint density at radius 3 is 2.73 bits per heavy atom. The summed E-state index contributed by atoms with van der Waals surface area (Å²) in [6.45, 7) is 11.9. The second-order valence-corrected chi connectivity index (χ2v) is 12.3. The maximum absolute atomic E-state index is 6.09. The summed E-state index contributed by atoms with van der Waals surface area (Å²) in [5.74, 6) is 2.19. The topological polar surface area (TPSA) is 24.5 Å². The molecule has 1 aliphatic heterocycles. The lowest BCUT2D eigenvalue weighted by Crippen LogP contribution is -2.58. The molecule has 1 heterocycles. The van der Waals surface area contributed by atoms with Crippen molar-refractivity contribution in [2.75, 3.05) is 27.4 Å². The smallest absolute Gasteiger partial charge is 0.0990 e. The summed E-state index contributed by atoms with van der Waals surface area (Å²) < 4.78 is 6.09. The fraction of sp³-hybridized carbons (Fsp3) is 0.852. The van der Waals surface area contributed by atoms with E-state index in [0.29, 0.717) is 28.8 Å². The Labute approximate surface area is 184 Å². The Morgan fingerprint density at radius 1 is 1.17 bits per heavy atom. The third-order valence-corrected chi connectivity index (χ3v) is 10.9. The number of nitrogens with one attached hydrogen (secondary N) is 1. The van der Waals surface area contributed by atoms with Crippen LogP contribution in [0.15, 0.2) is 23.3 Å². The van der Waals surface area contributed by atoms with Crippen LogP contribution in [-0.4, -0.2) is 44.4 Å². The molecule has 8 atom stereocenters. The van der Waals surface area contributed by atoms with Crippen LogP contribution in [0.3, 0.4) is 0 Å². The minimum absolute atomic E-state index is 0.276. The van der Waals surface area contributed by atoms with Gasteiger partial charge in [-0.25, -0.2) is 0 Å². The molecule has 3 fully saturated rings. The average molecular weight is 413 g/mol. The summed E-state index contributed by atoms with van der Waals surface area (Å²) >= 11 is 0. The van der Waals surface area contributed by atoms with Crippen LogP contribution in [0.1, 0.15) is 72.6 Å². The molecule has 1 N–H and O–H groups in total. The fourth-order valence-electron chi connectivity index (χ4n) is 8.77. The van der Waals surface area contributed by atoms with Crippen molar-refractivity contribution in [3.63, 3.8) is 0 Å². The summed E-state index contributed by atoms with van der Waals surface area (Å²) in [5.41, 5.74) is 4.47. The van der Waals surface area contributed by atoms with Gasteiger partial charge >= 0.3 is 0 Å². The lowest BCUT2D eigenvalue weighted by molar-refractivity contribution is -0.142. The molecule has 0 radical (unpaired) electrons. The van der Waals surface area contributed by atoms with Crippen LogP contribution in [-0.2, 0) is 4.74 Å². The first-order chi connectivity index (χ1) is 14.2. The molecule has 5 aliphatic rings. The van der Waals surface area contributed by atoms with E-state index in [1.807, 2.05) is 0 Å². The lowest BCUT2D eigenvalue weighted by atomic mass is 9.55. The molecular formula is C27H44N2O. The van der Waals surface area contributed by atoms with Crippen molar-refractivity contribution in [3.8, 4) is 0 Å². The van der Waals surface area contributed by atoms with Crippen molar-refractivity contribution >= 4 is 0 Å². The van der Waals surface area contributed by atoms with E-state index in [9.17, 15) is 0 Å². The molecule has 0 aromatic heterocycles. The van der Waals surface area contributed by atoms with Gasteiger partial charge in [-0.05, 0) is 100 Å². The van der Waals surface area contributed by atoms with Gasteiger partial charge in [-0.2, -0.15) is 0 Å². The highest BCUT2D eigenvalue weighted by Gasteiger charge is 2.58. The highest BCUT2D eigenvalue weighted by atomic mass is 16.5. The van der Waals surface area contributed by atoms with Crippen molar-refractivity contribution in [2.24, 2.45) is 34.0 Å². The number of fused-ring (bicyclic) bond motifs is 5. The van der Waals surface area contributed by atoms with E-state index in [0.717, 1.165) is 25.2 Å². The third-order valence-electron chi connectivity index (χ3n) is 10.9. The molecule has 30 heavy (non-hydrogen) atoms. The summed E-state index contributed by atoms with van der Waals surface area (Å²) in [6.07, 6.45) is 14.9. The Hall–Kier alpha value is -0.640. The minimum Gasteiger partial charge on any atom is -0.365 e. The van der Waals surface area contributed by atoms with Crippen molar-refractivity contribution in [1.82, 2.24) is 10.2 Å². The Bertz CT molecular complexity index is 758. The number of allylic oxidation sites excluding steroid dienone is 4. The van der Waals surface area contributed by atoms with E-state index in [1.54, 1.807) is 11.1 Å². The van der Waals surface area contributed by atoms with Gasteiger partial charge in [0.2, 0.25) is 0 Å². The van der Waals surface area contributed by atoms with Gasteiger partial charge in [0.1, 0.15) is 0 Å². The number of rotatable bonds is 2. The molecule has 2 saturated carbocycles. The molecule has 1 saturated heterocycles. The maximum atomic E-state index is 6.09. The predicted molar refractivity (Wildman–Crippen MR) is 124 cm³/mol. The van der Waals surface area contributed by atoms with Gasteiger partial charge in [0.05, 0.1) is 13.3 Å². The second kappa shape index (κ2) is 7.18. The molecule has 5 rings (SSSR count). The third kappa shape index (κ3) is 2.87. The molecule has 168 valence electrons. The molecule has 0 bridgehead atoms. The van der Waals surface area contributed by atoms with Crippen molar-refractivity contribution in [2.45, 2.75) is 84.7 Å². The average Bonchev–Trinajstić information content (AvgIpc) is 2.84. The van der Waals surface area contributed by atoms with Gasteiger partial charge in [-0.15, -0.1) is 0 Å². The Kier molecular flexibility index (Phi) is 5.08.